The summed E-state index contributed by atoms with van der Waals surface area (Å²) >= 11 is 15.6. The second kappa shape index (κ2) is 52.2. The first-order chi connectivity index (χ1) is 59.5. The summed E-state index contributed by atoms with van der Waals surface area (Å²) < 4.78 is 57.6. The van der Waals surface area contributed by atoms with E-state index in [1.54, 1.807) is 64.2 Å². The first kappa shape index (κ1) is 110. The van der Waals surface area contributed by atoms with Crippen LogP contribution in [0.5, 0.6) is 0 Å². The number of alkyl carbamates (subject to hydrolysis) is 1. The Kier molecular flexibility index (Phi) is 45.0. The second-order valence-electron chi connectivity index (χ2n) is 33.3. The number of halogens is 3. The Labute approximate surface area is 778 Å². The van der Waals surface area contributed by atoms with Crippen molar-refractivity contribution in [3.8, 4) is 0 Å². The molecule has 0 bridgehead atoms. The Balaban J connectivity index is 0.000000294. The summed E-state index contributed by atoms with van der Waals surface area (Å²) in [6, 6.07) is 4.07. The largest absolute Gasteiger partial charge is 0.443 e. The monoisotopic (exact) mass is 1940 g/mol. The van der Waals surface area contributed by atoms with Gasteiger partial charge >= 0.3 is 17.9 Å². The standard InChI is InChI=1S/C25H39N5O4S.C24H30ClN7O4S.C17H27N5O2S.C8H7ClN2O2.C6H15N.2CH4O3S.ClH/c1-25(11-6-5-7-12-25)34-24(33)28-17-9-8-16(23(32)29(2)3)14-19(17)26-21(31)22-27-18-10-13-30(4)15-20(18)35-22;1-31(2)24(36)13-4-6-15(27-20(33)21(34)30-19-7-5-14(25)11-26-19)17(10-13)28-22(35)23-29-16-8-9-32(3)12-18(16)37-23;1-21(2)17(24)10-4-5-11(18)13(8-10)19-15(23)16-20-12-6-7-22(3)9-14(12)25-16;1-5(12)8(13)11-7-3-2-6(9)4-10-7;1-4-7(5-2)6-3;2*1-5(2,3)4;/h16-17,19H,5-15H2,1-4H3,(H,26,31)(H,28,33);5,7,11,13,15,17H,4,6,8-10,12H2,1-3H3,(H,27,33)(H,28,35)(H,26,30,34);10-11,13H,4-9,18H2,1-3H3,(H,19,23);2-4H,1H3,(H,10,11,13);4-6H2,1-3H3;2*1H3,(H,2,3,4);1H/t16-,17-,19+;13-,15-,17+;10-,11-,13+;;;;;/m000...../s1. The maximum Gasteiger partial charge on any atom is 0.407 e. The van der Waals surface area contributed by atoms with Crippen molar-refractivity contribution in [2.24, 2.45) is 23.5 Å². The fourth-order valence-electron chi connectivity index (χ4n) is 15.1. The number of Topliss-reactive ketones (excluding diaryl/α,β-unsaturated/α-hetero) is 1. The first-order valence-electron chi connectivity index (χ1n) is 42.1. The van der Waals surface area contributed by atoms with E-state index in [4.69, 9.17) is 42.8 Å². The third kappa shape index (κ3) is 37.6. The van der Waals surface area contributed by atoms with Crippen LogP contribution in [0, 0.1) is 17.8 Å². The molecule has 714 valence electrons. The molecule has 4 fully saturated rings. The number of rotatable bonds is 18. The fourth-order valence-corrected chi connectivity index (χ4v) is 18.6. The van der Waals surface area contributed by atoms with Gasteiger partial charge in [0.15, 0.2) is 15.0 Å². The number of ether oxygens (including phenoxy) is 1. The van der Waals surface area contributed by atoms with Gasteiger partial charge in [-0.15, -0.1) is 46.4 Å². The molecule has 10 amide bonds. The fraction of sp³-hybridized carbons (Fsp3) is 0.634. The summed E-state index contributed by atoms with van der Waals surface area (Å²) in [7, 11) is 9.24. The van der Waals surface area contributed by atoms with Crippen molar-refractivity contribution in [2.75, 3.05) is 126 Å². The van der Waals surface area contributed by atoms with Crippen LogP contribution in [0.1, 0.15) is 186 Å². The summed E-state index contributed by atoms with van der Waals surface area (Å²) in [5.41, 5.74) is 8.74. The molecule has 46 heteroatoms. The number of ketones is 1. The van der Waals surface area contributed by atoms with Gasteiger partial charge in [-0.2, -0.15) is 16.8 Å². The van der Waals surface area contributed by atoms with Gasteiger partial charge in [0.2, 0.25) is 23.5 Å². The van der Waals surface area contributed by atoms with Gasteiger partial charge in [0.25, 0.3) is 43.9 Å². The Morgan fingerprint density at radius 3 is 1.17 bits per heavy atom. The lowest BCUT2D eigenvalue weighted by atomic mass is 9.81. The number of anilines is 2. The Morgan fingerprint density at radius 2 is 0.844 bits per heavy atom. The smallest absolute Gasteiger partial charge is 0.407 e. The average Bonchev–Trinajstić information content (AvgIpc) is 1.71. The highest BCUT2D eigenvalue weighted by Crippen LogP contribution is 2.35. The number of nitrogens with zero attached hydrogens (tertiary/aromatic N) is 12. The van der Waals surface area contributed by atoms with E-state index in [0.717, 1.165) is 124 Å². The number of fused-ring (bicyclic) bond motifs is 3. The number of hydrogen-bond acceptors (Lipinski definition) is 29. The second-order valence-corrected chi connectivity index (χ2v) is 40.3. The highest BCUT2D eigenvalue weighted by molar-refractivity contribution is 7.85. The van der Waals surface area contributed by atoms with E-state index in [1.807, 2.05) is 14.0 Å². The highest BCUT2D eigenvalue weighted by atomic mass is 35.5. The summed E-state index contributed by atoms with van der Waals surface area (Å²) in [4.78, 5) is 175. The molecule has 11 N–H and O–H groups in total. The molecule has 0 radical (unpaired) electrons. The van der Waals surface area contributed by atoms with Crippen LogP contribution in [0.15, 0.2) is 36.7 Å². The lowest BCUT2D eigenvalue weighted by molar-refractivity contribution is -0.137. The lowest BCUT2D eigenvalue weighted by Crippen LogP contribution is -2.57. The van der Waals surface area contributed by atoms with E-state index >= 15 is 0 Å². The van der Waals surface area contributed by atoms with Crippen LogP contribution >= 0.6 is 69.6 Å². The predicted molar refractivity (Wildman–Crippen MR) is 495 cm³/mol. The van der Waals surface area contributed by atoms with Crippen molar-refractivity contribution in [3.05, 3.63) is 93.4 Å². The topological polar surface area (TPSA) is 503 Å². The molecule has 38 nitrogen and oxygen atoms in total. The number of nitrogens with two attached hydrogens (primary N) is 1. The van der Waals surface area contributed by atoms with Crippen LogP contribution in [0.3, 0.4) is 0 Å². The van der Waals surface area contributed by atoms with Gasteiger partial charge in [-0.05, 0) is 155 Å². The quantitative estimate of drug-likeness (QED) is 0.0322. The molecule has 8 heterocycles. The Bertz CT molecular complexity index is 4740. The summed E-state index contributed by atoms with van der Waals surface area (Å²) in [6.07, 6.45) is 16.4. The number of carbonyl (C=O) groups excluding carboxylic acids is 11. The molecule has 7 aliphatic rings. The van der Waals surface area contributed by atoms with Crippen molar-refractivity contribution in [1.29, 1.82) is 0 Å². The van der Waals surface area contributed by atoms with Gasteiger partial charge in [0.1, 0.15) is 17.2 Å². The highest BCUT2D eigenvalue weighted by Gasteiger charge is 2.42. The van der Waals surface area contributed by atoms with E-state index in [0.29, 0.717) is 88.3 Å². The number of amides is 10. The number of pyridine rings is 2. The van der Waals surface area contributed by atoms with Gasteiger partial charge in [0.05, 0.1) is 57.8 Å². The van der Waals surface area contributed by atoms with E-state index in [9.17, 15) is 69.6 Å². The minimum absolute atomic E-state index is 0. The summed E-state index contributed by atoms with van der Waals surface area (Å²) in [5.74, 6) is -3.70. The maximum atomic E-state index is 13.2. The van der Waals surface area contributed by atoms with E-state index in [1.165, 1.54) is 101 Å². The molecular weight excluding hydrogens is 1820 g/mol. The summed E-state index contributed by atoms with van der Waals surface area (Å²) in [5, 5.41) is 21.8. The first-order valence-corrected chi connectivity index (χ1v) is 49.0. The molecule has 0 unspecified atom stereocenters. The number of carbonyl (C=O) groups is 11. The van der Waals surface area contributed by atoms with Gasteiger partial charge in [-0.3, -0.25) is 57.1 Å². The van der Waals surface area contributed by atoms with E-state index < -0.39 is 67.5 Å². The molecular formula is C82H127Cl3N20O18S5. The molecule has 3 aliphatic heterocycles. The van der Waals surface area contributed by atoms with Crippen molar-refractivity contribution in [1.82, 2.24) is 85.8 Å². The SMILES string of the molecule is CC(=O)C(=O)Nc1ccc(Cl)cn1.CCN(CC)CC.CN1CCc2nc(C(=O)N[C@@H]3C[C@@H](C(=O)N(C)C)CC[C@@H]3N)sc2C1.CN1CCc2nc(C(=O)N[C@@H]3C[C@@H](C(=O)N(C)C)CC[C@@H]3NC(=O)C(=O)Nc3ccc(Cl)cn3)sc2C1.CN1CCc2nc(C(=O)N[C@@H]3C[C@@H](C(=O)N(C)C)CC[C@@H]3NC(=O)OC3(C)CCCCC3)sc2C1.CS(=O)(=O)O.CS(=O)(=O)O.Cl. The van der Waals surface area contributed by atoms with Crippen LogP contribution in [0.25, 0.3) is 0 Å². The molecule has 12 rings (SSSR count). The third-order valence-corrected chi connectivity index (χ3v) is 25.6. The van der Waals surface area contributed by atoms with Crippen molar-refractivity contribution >= 4 is 167 Å². The van der Waals surface area contributed by atoms with E-state index in [2.05, 4.69) is 117 Å². The minimum atomic E-state index is -3.67. The predicted octanol–water partition coefficient (Wildman–Crippen LogP) is 6.71. The van der Waals surface area contributed by atoms with Crippen molar-refractivity contribution in [3.63, 3.8) is 0 Å². The molecule has 9 atom stereocenters. The van der Waals surface area contributed by atoms with Gasteiger partial charge in [-0.25, -0.2) is 29.7 Å². The van der Waals surface area contributed by atoms with Gasteiger partial charge < -0.3 is 82.0 Å². The number of nitrogens with one attached hydrogen (secondary N) is 7. The number of aromatic nitrogens is 5. The summed E-state index contributed by atoms with van der Waals surface area (Å²) in [6.45, 7) is 18.5. The number of hydrogen-bond donors (Lipinski definition) is 10. The Hall–Kier alpha value is -8.15. The molecule has 4 saturated carbocycles. The van der Waals surface area contributed by atoms with Crippen LogP contribution in [0.4, 0.5) is 16.4 Å². The van der Waals surface area contributed by atoms with Crippen molar-refractivity contribution in [2.45, 2.75) is 205 Å². The normalized spacial score (nSPS) is 21.1. The molecule has 0 saturated heterocycles. The number of likely N-dealkylation sites (N-methyl/N-ethyl adjacent to an activating group) is 3. The van der Waals surface area contributed by atoms with Crippen LogP contribution in [0.2, 0.25) is 10.0 Å². The maximum absolute atomic E-state index is 13.2. The molecule has 128 heavy (non-hydrogen) atoms. The zero-order valence-electron chi connectivity index (χ0n) is 75.6. The molecule has 5 aromatic rings. The van der Waals surface area contributed by atoms with E-state index in [-0.39, 0.29) is 95.6 Å². The van der Waals surface area contributed by atoms with Gasteiger partial charge in [0, 0.05) is 171 Å². The zero-order chi connectivity index (χ0) is 94.5. The number of thiazole rings is 3. The average molecular weight is 1950 g/mol. The minimum Gasteiger partial charge on any atom is -0.443 e. The Morgan fingerprint density at radius 1 is 0.508 bits per heavy atom. The van der Waals surface area contributed by atoms with Crippen LogP contribution in [-0.4, -0.2) is 307 Å². The zero-order valence-corrected chi connectivity index (χ0v) is 82.0. The molecule has 4 aliphatic carbocycles. The van der Waals surface area contributed by atoms with Crippen molar-refractivity contribution < 1.29 is 83.4 Å². The van der Waals surface area contributed by atoms with Gasteiger partial charge in [-0.1, -0.05) is 50.4 Å². The lowest BCUT2D eigenvalue weighted by Gasteiger charge is -2.38. The molecule has 5 aromatic heterocycles. The van der Waals surface area contributed by atoms with Crippen LogP contribution in [-0.2, 0) is 97.4 Å². The molecule has 0 spiro atoms. The third-order valence-electron chi connectivity index (χ3n) is 21.9. The van der Waals surface area contributed by atoms with Crippen LogP contribution < -0.4 is 43.0 Å². The molecule has 0 aromatic carbocycles.